The first-order chi connectivity index (χ1) is 16.5. The van der Waals surface area contributed by atoms with Crippen molar-refractivity contribution in [2.75, 3.05) is 5.75 Å². The Morgan fingerprint density at radius 2 is 1.74 bits per heavy atom. The normalized spacial score (nSPS) is 11.7. The summed E-state index contributed by atoms with van der Waals surface area (Å²) in [5, 5.41) is 12.9. The van der Waals surface area contributed by atoms with Gasteiger partial charge in [-0.1, -0.05) is 83.5 Å². The molecule has 1 heterocycles. The van der Waals surface area contributed by atoms with Crippen LogP contribution in [0.3, 0.4) is 0 Å². The number of hydrogen-bond acceptors (Lipinski definition) is 5. The largest absolute Gasteiger partial charge is 0.481 e. The maximum atomic E-state index is 12.5. The minimum Gasteiger partial charge on any atom is -0.481 e. The Morgan fingerprint density at radius 3 is 2.47 bits per heavy atom. The highest BCUT2D eigenvalue weighted by Gasteiger charge is 2.22. The Labute approximate surface area is 208 Å². The molecular weight excluding hydrogens is 468 g/mol. The SMILES string of the molecule is Cc1ccc(CNC(=O)CSc2nnc(C(C)Oc3ccccc3Cl)n2-c2ccccc2)cc1. The Balaban J connectivity index is 1.48. The highest BCUT2D eigenvalue weighted by Crippen LogP contribution is 2.31. The lowest BCUT2D eigenvalue weighted by atomic mass is 10.1. The topological polar surface area (TPSA) is 69.0 Å². The molecule has 1 unspecified atom stereocenters. The van der Waals surface area contributed by atoms with E-state index in [1.165, 1.54) is 17.3 Å². The molecule has 4 aromatic rings. The number of nitrogens with one attached hydrogen (secondary N) is 1. The Kier molecular flexibility index (Phi) is 7.87. The van der Waals surface area contributed by atoms with Crippen molar-refractivity contribution in [1.82, 2.24) is 20.1 Å². The van der Waals surface area contributed by atoms with Crippen molar-refractivity contribution >= 4 is 29.3 Å². The van der Waals surface area contributed by atoms with Gasteiger partial charge in [-0.25, -0.2) is 0 Å². The number of benzene rings is 3. The standard InChI is InChI=1S/C26H25ClN4O2S/c1-18-12-14-20(15-13-18)16-28-24(32)17-34-26-30-29-25(31(26)21-8-4-3-5-9-21)19(2)33-23-11-7-6-10-22(23)27/h3-15,19H,16-17H2,1-2H3,(H,28,32). The van der Waals surface area contributed by atoms with Crippen molar-refractivity contribution in [3.8, 4) is 11.4 Å². The van der Waals surface area contributed by atoms with Crippen LogP contribution in [0.1, 0.15) is 30.0 Å². The monoisotopic (exact) mass is 492 g/mol. The Hall–Kier alpha value is -3.29. The van der Waals surface area contributed by atoms with Gasteiger partial charge in [-0.2, -0.15) is 0 Å². The van der Waals surface area contributed by atoms with Gasteiger partial charge >= 0.3 is 0 Å². The fraction of sp³-hybridized carbons (Fsp3) is 0.192. The summed E-state index contributed by atoms with van der Waals surface area (Å²) in [4.78, 5) is 12.5. The van der Waals surface area contributed by atoms with Crippen LogP contribution in [-0.2, 0) is 11.3 Å². The summed E-state index contributed by atoms with van der Waals surface area (Å²) in [6, 6.07) is 25.2. The predicted octanol–water partition coefficient (Wildman–Crippen LogP) is 5.78. The molecule has 1 amide bonds. The molecule has 0 fully saturated rings. The number of nitrogens with zero attached hydrogens (tertiary/aromatic N) is 3. The van der Waals surface area contributed by atoms with Crippen LogP contribution in [0.25, 0.3) is 5.69 Å². The van der Waals surface area contributed by atoms with Gasteiger partial charge in [-0.3, -0.25) is 9.36 Å². The Morgan fingerprint density at radius 1 is 1.03 bits per heavy atom. The molecule has 1 atom stereocenters. The van der Waals surface area contributed by atoms with Crippen LogP contribution in [-0.4, -0.2) is 26.4 Å². The second-order valence-corrected chi connectivity index (χ2v) is 9.10. The number of aryl methyl sites for hydroxylation is 1. The van der Waals surface area contributed by atoms with Crippen molar-refractivity contribution < 1.29 is 9.53 Å². The number of hydrogen-bond donors (Lipinski definition) is 1. The van der Waals surface area contributed by atoms with Crippen LogP contribution in [0.15, 0.2) is 84.0 Å². The smallest absolute Gasteiger partial charge is 0.230 e. The van der Waals surface area contributed by atoms with Gasteiger partial charge < -0.3 is 10.1 Å². The minimum atomic E-state index is -0.419. The number of aromatic nitrogens is 3. The van der Waals surface area contributed by atoms with Crippen molar-refractivity contribution in [2.24, 2.45) is 0 Å². The first-order valence-corrected chi connectivity index (χ1v) is 12.2. The van der Waals surface area contributed by atoms with E-state index in [4.69, 9.17) is 16.3 Å². The van der Waals surface area contributed by atoms with Crippen molar-refractivity contribution in [3.63, 3.8) is 0 Å². The number of amides is 1. The average Bonchev–Trinajstić information content (AvgIpc) is 3.28. The van der Waals surface area contributed by atoms with Crippen molar-refractivity contribution in [3.05, 3.63) is 101 Å². The van der Waals surface area contributed by atoms with Crippen molar-refractivity contribution in [1.29, 1.82) is 0 Å². The maximum absolute atomic E-state index is 12.5. The number of carbonyl (C=O) groups is 1. The lowest BCUT2D eigenvalue weighted by molar-refractivity contribution is -0.118. The molecule has 0 aliphatic heterocycles. The van der Waals surface area contributed by atoms with E-state index in [-0.39, 0.29) is 11.7 Å². The molecule has 1 N–H and O–H groups in total. The van der Waals surface area contributed by atoms with Gasteiger partial charge in [-0.15, -0.1) is 10.2 Å². The molecule has 1 aromatic heterocycles. The molecule has 0 aliphatic carbocycles. The van der Waals surface area contributed by atoms with Crippen LogP contribution in [0.4, 0.5) is 0 Å². The first-order valence-electron chi connectivity index (χ1n) is 10.9. The first kappa shape index (κ1) is 23.9. The zero-order valence-corrected chi connectivity index (χ0v) is 20.5. The van der Waals surface area contributed by atoms with E-state index in [0.717, 1.165) is 11.3 Å². The summed E-state index contributed by atoms with van der Waals surface area (Å²) in [6.45, 7) is 4.42. The van der Waals surface area contributed by atoms with E-state index in [0.29, 0.717) is 28.3 Å². The zero-order chi connectivity index (χ0) is 23.9. The fourth-order valence-corrected chi connectivity index (χ4v) is 4.30. The third-order valence-corrected chi connectivity index (χ3v) is 6.36. The van der Waals surface area contributed by atoms with Gasteiger partial charge in [0.05, 0.1) is 10.8 Å². The molecule has 8 heteroatoms. The molecule has 0 saturated carbocycles. The zero-order valence-electron chi connectivity index (χ0n) is 18.9. The van der Waals surface area contributed by atoms with Gasteiger partial charge in [0.25, 0.3) is 0 Å². The maximum Gasteiger partial charge on any atom is 0.230 e. The molecule has 4 rings (SSSR count). The lowest BCUT2D eigenvalue weighted by Gasteiger charge is -2.17. The summed E-state index contributed by atoms with van der Waals surface area (Å²) in [7, 11) is 0. The molecular formula is C26H25ClN4O2S. The van der Waals surface area contributed by atoms with Crippen LogP contribution >= 0.6 is 23.4 Å². The third kappa shape index (κ3) is 5.98. The predicted molar refractivity (Wildman–Crippen MR) is 136 cm³/mol. The summed E-state index contributed by atoms with van der Waals surface area (Å²) in [5.41, 5.74) is 3.14. The highest BCUT2D eigenvalue weighted by atomic mass is 35.5. The molecule has 3 aromatic carbocycles. The lowest BCUT2D eigenvalue weighted by Crippen LogP contribution is -2.24. The quantitative estimate of drug-likeness (QED) is 0.300. The summed E-state index contributed by atoms with van der Waals surface area (Å²) in [6.07, 6.45) is -0.419. The van der Waals surface area contributed by atoms with Crippen LogP contribution in [0.5, 0.6) is 5.75 Å². The summed E-state index contributed by atoms with van der Waals surface area (Å²) in [5.74, 6) is 1.34. The molecule has 0 aliphatic rings. The van der Waals surface area contributed by atoms with Gasteiger partial charge in [0.2, 0.25) is 5.91 Å². The minimum absolute atomic E-state index is 0.0740. The van der Waals surface area contributed by atoms with Gasteiger partial charge in [0.15, 0.2) is 17.1 Å². The molecule has 6 nitrogen and oxygen atoms in total. The molecule has 174 valence electrons. The number of halogens is 1. The van der Waals surface area contributed by atoms with E-state index in [9.17, 15) is 4.79 Å². The number of rotatable bonds is 9. The van der Waals surface area contributed by atoms with Gasteiger partial charge in [0, 0.05) is 12.2 Å². The van der Waals surface area contributed by atoms with Gasteiger partial charge in [0.1, 0.15) is 5.75 Å². The number of ether oxygens (including phenoxy) is 1. The second kappa shape index (κ2) is 11.2. The molecule has 0 spiro atoms. The van der Waals surface area contributed by atoms with Crippen LogP contribution < -0.4 is 10.1 Å². The van der Waals surface area contributed by atoms with E-state index in [1.54, 1.807) is 6.07 Å². The van der Waals surface area contributed by atoms with E-state index in [2.05, 4.69) is 15.5 Å². The van der Waals surface area contributed by atoms with Crippen LogP contribution in [0, 0.1) is 6.92 Å². The molecule has 0 bridgehead atoms. The van der Waals surface area contributed by atoms with E-state index >= 15 is 0 Å². The van der Waals surface area contributed by atoms with Gasteiger partial charge in [-0.05, 0) is 43.7 Å². The molecule has 34 heavy (non-hydrogen) atoms. The van der Waals surface area contributed by atoms with Crippen LogP contribution in [0.2, 0.25) is 5.02 Å². The molecule has 0 radical (unpaired) electrons. The Bertz CT molecular complexity index is 1250. The third-order valence-electron chi connectivity index (χ3n) is 5.12. The fourth-order valence-electron chi connectivity index (χ4n) is 3.33. The molecule has 0 saturated heterocycles. The van der Waals surface area contributed by atoms with Crippen molar-refractivity contribution in [2.45, 2.75) is 31.7 Å². The number of carbonyl (C=O) groups excluding carboxylic acids is 1. The second-order valence-electron chi connectivity index (χ2n) is 7.75. The summed E-state index contributed by atoms with van der Waals surface area (Å²) < 4.78 is 8.00. The number of thioether (sulfide) groups is 1. The highest BCUT2D eigenvalue weighted by molar-refractivity contribution is 7.99. The summed E-state index contributed by atoms with van der Waals surface area (Å²) >= 11 is 7.60. The van der Waals surface area contributed by atoms with E-state index in [1.807, 2.05) is 91.2 Å². The van der Waals surface area contributed by atoms with E-state index < -0.39 is 6.10 Å². The number of para-hydroxylation sites is 2. The average molecular weight is 493 g/mol.